The maximum atomic E-state index is 12.4. The second kappa shape index (κ2) is 7.77. The van der Waals surface area contributed by atoms with E-state index < -0.39 is 0 Å². The number of nitrogens with zero attached hydrogens (tertiary/aromatic N) is 3. The minimum atomic E-state index is -0.202. The van der Waals surface area contributed by atoms with Crippen LogP contribution in [0.1, 0.15) is 0 Å². The molecule has 1 fully saturated rings. The summed E-state index contributed by atoms with van der Waals surface area (Å²) in [6.07, 6.45) is 3.34. The lowest BCUT2D eigenvalue weighted by Gasteiger charge is -2.39. The van der Waals surface area contributed by atoms with Crippen LogP contribution in [0.5, 0.6) is 17.2 Å². The second-order valence-electron chi connectivity index (χ2n) is 5.66. The van der Waals surface area contributed by atoms with E-state index in [1.807, 2.05) is 0 Å². The van der Waals surface area contributed by atoms with Crippen LogP contribution in [0.15, 0.2) is 30.6 Å². The third kappa shape index (κ3) is 3.71. The van der Waals surface area contributed by atoms with Crippen molar-refractivity contribution in [3.8, 4) is 17.2 Å². The monoisotopic (exact) mass is 359 g/mol. The van der Waals surface area contributed by atoms with Gasteiger partial charge in [-0.05, 0) is 6.07 Å². The molecule has 1 aromatic heterocycles. The molecule has 9 nitrogen and oxygen atoms in total. The molecule has 3 rings (SSSR count). The zero-order valence-electron chi connectivity index (χ0n) is 14.9. The molecule has 26 heavy (non-hydrogen) atoms. The van der Waals surface area contributed by atoms with E-state index in [0.717, 1.165) is 0 Å². The molecule has 0 bridgehead atoms. The SMILES string of the molecule is COc1cc(NC(=O)N2CC(Nc3ncccn3)C2)cc(OC)c1OC. The highest BCUT2D eigenvalue weighted by Gasteiger charge is 2.31. The Hall–Kier alpha value is -3.23. The lowest BCUT2D eigenvalue weighted by molar-refractivity contribution is 0.171. The number of benzene rings is 1. The summed E-state index contributed by atoms with van der Waals surface area (Å²) in [5.41, 5.74) is 0.562. The van der Waals surface area contributed by atoms with Gasteiger partial charge in [0.15, 0.2) is 11.5 Å². The van der Waals surface area contributed by atoms with Gasteiger partial charge in [-0.25, -0.2) is 14.8 Å². The van der Waals surface area contributed by atoms with Crippen LogP contribution >= 0.6 is 0 Å². The smallest absolute Gasteiger partial charge is 0.321 e. The van der Waals surface area contributed by atoms with Crippen LogP contribution < -0.4 is 24.8 Å². The predicted molar refractivity (Wildman–Crippen MR) is 96.1 cm³/mol. The highest BCUT2D eigenvalue weighted by atomic mass is 16.5. The van der Waals surface area contributed by atoms with Crippen LogP contribution in [0.2, 0.25) is 0 Å². The summed E-state index contributed by atoms with van der Waals surface area (Å²) in [7, 11) is 4.59. The quantitative estimate of drug-likeness (QED) is 0.812. The number of carbonyl (C=O) groups is 1. The molecule has 0 aliphatic carbocycles. The number of nitrogens with one attached hydrogen (secondary N) is 2. The van der Waals surface area contributed by atoms with E-state index in [1.165, 1.54) is 21.3 Å². The number of rotatable bonds is 6. The number of carbonyl (C=O) groups excluding carboxylic acids is 1. The van der Waals surface area contributed by atoms with Crippen molar-refractivity contribution in [3.05, 3.63) is 30.6 Å². The number of amides is 2. The van der Waals surface area contributed by atoms with Crippen LogP contribution in [-0.2, 0) is 0 Å². The summed E-state index contributed by atoms with van der Waals surface area (Å²) < 4.78 is 15.9. The maximum Gasteiger partial charge on any atom is 0.321 e. The number of aromatic nitrogens is 2. The number of methoxy groups -OCH3 is 3. The topological polar surface area (TPSA) is 97.8 Å². The van der Waals surface area contributed by atoms with Crippen molar-refractivity contribution in [2.45, 2.75) is 6.04 Å². The molecule has 2 amide bonds. The Balaban J connectivity index is 1.59. The van der Waals surface area contributed by atoms with Crippen LogP contribution in [0.3, 0.4) is 0 Å². The third-order valence-corrected chi connectivity index (χ3v) is 3.98. The molecule has 0 spiro atoms. The lowest BCUT2D eigenvalue weighted by atomic mass is 10.1. The van der Waals surface area contributed by atoms with Gasteiger partial charge in [-0.3, -0.25) is 0 Å². The summed E-state index contributed by atoms with van der Waals surface area (Å²) in [5.74, 6) is 1.99. The summed E-state index contributed by atoms with van der Waals surface area (Å²) in [6, 6.07) is 5.05. The fourth-order valence-electron chi connectivity index (χ4n) is 2.65. The molecule has 0 atom stereocenters. The number of hydrogen-bond acceptors (Lipinski definition) is 7. The summed E-state index contributed by atoms with van der Waals surface area (Å²) in [4.78, 5) is 22.3. The van der Waals surface area contributed by atoms with Crippen molar-refractivity contribution in [1.29, 1.82) is 0 Å². The average molecular weight is 359 g/mol. The summed E-state index contributed by atoms with van der Waals surface area (Å²) in [6.45, 7) is 1.13. The average Bonchev–Trinajstić information content (AvgIpc) is 2.64. The van der Waals surface area contributed by atoms with Crippen molar-refractivity contribution >= 4 is 17.7 Å². The molecule has 1 aliphatic heterocycles. The van der Waals surface area contributed by atoms with Gasteiger partial charge >= 0.3 is 6.03 Å². The van der Waals surface area contributed by atoms with Crippen molar-refractivity contribution in [1.82, 2.24) is 14.9 Å². The van der Waals surface area contributed by atoms with Crippen molar-refractivity contribution in [3.63, 3.8) is 0 Å². The highest BCUT2D eigenvalue weighted by molar-refractivity contribution is 5.91. The molecule has 1 aliphatic rings. The normalized spacial score (nSPS) is 13.6. The van der Waals surface area contributed by atoms with Gasteiger partial charge in [0.1, 0.15) is 0 Å². The standard InChI is InChI=1S/C17H21N5O4/c1-24-13-7-11(8-14(25-2)15(13)26-3)21-17(23)22-9-12(10-22)20-16-18-5-4-6-19-16/h4-8,12H,9-10H2,1-3H3,(H,21,23)(H,18,19,20). The summed E-state index contributed by atoms with van der Waals surface area (Å²) in [5, 5.41) is 6.02. The first-order valence-electron chi connectivity index (χ1n) is 8.04. The van der Waals surface area contributed by atoms with Crippen molar-refractivity contribution < 1.29 is 19.0 Å². The predicted octanol–water partition coefficient (Wildman–Crippen LogP) is 1.83. The van der Waals surface area contributed by atoms with Gasteiger partial charge in [-0.15, -0.1) is 0 Å². The molecule has 1 saturated heterocycles. The first-order chi connectivity index (χ1) is 12.6. The molecular weight excluding hydrogens is 338 g/mol. The zero-order valence-corrected chi connectivity index (χ0v) is 14.9. The Morgan fingerprint density at radius 1 is 1.08 bits per heavy atom. The number of anilines is 2. The van der Waals surface area contributed by atoms with Gasteiger partial charge in [0, 0.05) is 37.6 Å². The van der Waals surface area contributed by atoms with Crippen LogP contribution in [0.4, 0.5) is 16.4 Å². The second-order valence-corrected chi connectivity index (χ2v) is 5.66. The molecule has 2 heterocycles. The van der Waals surface area contributed by atoms with E-state index in [4.69, 9.17) is 14.2 Å². The molecule has 0 unspecified atom stereocenters. The Labute approximate surface area is 151 Å². The number of urea groups is 1. The maximum absolute atomic E-state index is 12.4. The first-order valence-corrected chi connectivity index (χ1v) is 8.04. The minimum absolute atomic E-state index is 0.128. The van der Waals surface area contributed by atoms with E-state index in [2.05, 4.69) is 20.6 Å². The fraction of sp³-hybridized carbons (Fsp3) is 0.353. The molecule has 0 radical (unpaired) electrons. The number of likely N-dealkylation sites (tertiary alicyclic amines) is 1. The van der Waals surface area contributed by atoms with Crippen LogP contribution in [0, 0.1) is 0 Å². The summed E-state index contributed by atoms with van der Waals surface area (Å²) >= 11 is 0. The van der Waals surface area contributed by atoms with E-state index in [1.54, 1.807) is 35.5 Å². The van der Waals surface area contributed by atoms with Gasteiger partial charge in [0.2, 0.25) is 11.7 Å². The van der Waals surface area contributed by atoms with E-state index in [0.29, 0.717) is 42.0 Å². The molecule has 138 valence electrons. The largest absolute Gasteiger partial charge is 0.493 e. The van der Waals surface area contributed by atoms with Crippen molar-refractivity contribution in [2.24, 2.45) is 0 Å². The number of ether oxygens (including phenoxy) is 3. The first kappa shape index (κ1) is 17.6. The molecule has 0 saturated carbocycles. The number of hydrogen-bond donors (Lipinski definition) is 2. The van der Waals surface area contributed by atoms with Gasteiger partial charge in [-0.2, -0.15) is 0 Å². The zero-order chi connectivity index (χ0) is 18.5. The Kier molecular flexibility index (Phi) is 5.26. The molecule has 2 aromatic rings. The molecule has 9 heteroatoms. The van der Waals surface area contributed by atoms with E-state index in [9.17, 15) is 4.79 Å². The molecule has 1 aromatic carbocycles. The molecule has 2 N–H and O–H groups in total. The van der Waals surface area contributed by atoms with Crippen molar-refractivity contribution in [2.75, 3.05) is 45.1 Å². The lowest BCUT2D eigenvalue weighted by Crippen LogP contribution is -2.58. The van der Waals surface area contributed by atoms with Crippen LogP contribution in [0.25, 0.3) is 0 Å². The van der Waals surface area contributed by atoms with Gasteiger partial charge < -0.3 is 29.7 Å². The fourth-order valence-corrected chi connectivity index (χ4v) is 2.65. The van der Waals surface area contributed by atoms with Gasteiger partial charge in [0.25, 0.3) is 0 Å². The highest BCUT2D eigenvalue weighted by Crippen LogP contribution is 2.40. The molecular formula is C17H21N5O4. The van der Waals surface area contributed by atoms with E-state index in [-0.39, 0.29) is 12.1 Å². The Morgan fingerprint density at radius 3 is 2.23 bits per heavy atom. The van der Waals surface area contributed by atoms with E-state index >= 15 is 0 Å². The minimum Gasteiger partial charge on any atom is -0.493 e. The van der Waals surface area contributed by atoms with Gasteiger partial charge in [-0.1, -0.05) is 0 Å². The third-order valence-electron chi connectivity index (χ3n) is 3.98. The Bertz CT molecular complexity index is 740. The van der Waals surface area contributed by atoms with Crippen LogP contribution in [-0.4, -0.2) is 61.4 Å². The van der Waals surface area contributed by atoms with Gasteiger partial charge in [0.05, 0.1) is 33.1 Å². The Morgan fingerprint density at radius 2 is 1.69 bits per heavy atom.